The van der Waals surface area contributed by atoms with E-state index in [1.54, 1.807) is 0 Å². The number of aliphatic hydroxyl groups excluding tert-OH is 1. The Labute approximate surface area is 86.5 Å². The van der Waals surface area contributed by atoms with E-state index in [0.717, 1.165) is 25.0 Å². The van der Waals surface area contributed by atoms with Crippen molar-refractivity contribution in [1.82, 2.24) is 10.2 Å². The molecular weight excluding hydrogens is 176 g/mol. The smallest absolute Gasteiger partial charge is 0.0443 e. The van der Waals surface area contributed by atoms with Gasteiger partial charge in [-0.15, -0.1) is 0 Å². The molecule has 1 heterocycles. The van der Waals surface area contributed by atoms with Crippen molar-refractivity contribution in [3.63, 3.8) is 0 Å². The normalized spacial score (nSPS) is 33.9. The third kappa shape index (κ3) is 2.47. The summed E-state index contributed by atoms with van der Waals surface area (Å²) >= 11 is 0. The minimum Gasteiger partial charge on any atom is -0.396 e. The lowest BCUT2D eigenvalue weighted by atomic mass is 10.2. The van der Waals surface area contributed by atoms with E-state index in [4.69, 9.17) is 5.11 Å². The molecule has 0 amide bonds. The molecule has 2 rings (SSSR count). The van der Waals surface area contributed by atoms with E-state index in [2.05, 4.69) is 17.1 Å². The Balaban J connectivity index is 1.69. The fourth-order valence-corrected chi connectivity index (χ4v) is 2.50. The van der Waals surface area contributed by atoms with Gasteiger partial charge < -0.3 is 10.4 Å². The lowest BCUT2D eigenvalue weighted by molar-refractivity contribution is 0.253. The van der Waals surface area contributed by atoms with Gasteiger partial charge in [-0.1, -0.05) is 0 Å². The van der Waals surface area contributed by atoms with Gasteiger partial charge in [0, 0.05) is 31.3 Å². The van der Waals surface area contributed by atoms with Gasteiger partial charge in [-0.25, -0.2) is 0 Å². The van der Waals surface area contributed by atoms with Gasteiger partial charge in [0.2, 0.25) is 0 Å². The van der Waals surface area contributed by atoms with Crippen LogP contribution >= 0.6 is 0 Å². The first kappa shape index (κ1) is 10.4. The molecule has 0 aromatic heterocycles. The number of nitrogens with zero attached hydrogens (tertiary/aromatic N) is 1. The molecule has 0 aromatic rings. The summed E-state index contributed by atoms with van der Waals surface area (Å²) in [5.41, 5.74) is 0. The first-order chi connectivity index (χ1) is 6.81. The minimum absolute atomic E-state index is 0.307. The van der Waals surface area contributed by atoms with Crippen LogP contribution in [0.15, 0.2) is 0 Å². The van der Waals surface area contributed by atoms with Crippen molar-refractivity contribution in [3.05, 3.63) is 0 Å². The summed E-state index contributed by atoms with van der Waals surface area (Å²) in [6.07, 6.45) is 4.98. The second kappa shape index (κ2) is 4.60. The van der Waals surface area contributed by atoms with Gasteiger partial charge >= 0.3 is 0 Å². The van der Waals surface area contributed by atoms with Crippen molar-refractivity contribution in [3.8, 4) is 0 Å². The quantitative estimate of drug-likeness (QED) is 0.634. The molecule has 82 valence electrons. The third-order valence-corrected chi connectivity index (χ3v) is 3.41. The van der Waals surface area contributed by atoms with Gasteiger partial charge in [0.15, 0.2) is 0 Å². The maximum absolute atomic E-state index is 8.69. The molecule has 2 unspecified atom stereocenters. The van der Waals surface area contributed by atoms with E-state index < -0.39 is 0 Å². The lowest BCUT2D eigenvalue weighted by Gasteiger charge is -2.19. The van der Waals surface area contributed by atoms with Crippen LogP contribution in [0.3, 0.4) is 0 Å². The summed E-state index contributed by atoms with van der Waals surface area (Å²) in [5.74, 6) is 0. The molecule has 3 heteroatoms. The number of hydrogen-bond donors (Lipinski definition) is 2. The number of aliphatic hydroxyl groups is 1. The van der Waals surface area contributed by atoms with Crippen molar-refractivity contribution in [1.29, 1.82) is 0 Å². The summed E-state index contributed by atoms with van der Waals surface area (Å²) in [5, 5.41) is 12.2. The van der Waals surface area contributed by atoms with E-state index in [0.29, 0.717) is 12.6 Å². The highest BCUT2D eigenvalue weighted by atomic mass is 16.3. The van der Waals surface area contributed by atoms with E-state index in [1.165, 1.54) is 25.8 Å². The zero-order valence-electron chi connectivity index (χ0n) is 9.08. The van der Waals surface area contributed by atoms with Crippen LogP contribution in [-0.4, -0.2) is 47.8 Å². The van der Waals surface area contributed by atoms with Crippen molar-refractivity contribution >= 4 is 0 Å². The molecular formula is C11H22N2O. The predicted octanol–water partition coefficient (Wildman–Crippen LogP) is 0.584. The average molecular weight is 198 g/mol. The van der Waals surface area contributed by atoms with Gasteiger partial charge in [-0.2, -0.15) is 0 Å². The van der Waals surface area contributed by atoms with Crippen LogP contribution in [0.2, 0.25) is 0 Å². The molecule has 2 N–H and O–H groups in total. The first-order valence-corrected chi connectivity index (χ1v) is 5.91. The van der Waals surface area contributed by atoms with Crippen LogP contribution in [-0.2, 0) is 0 Å². The Hall–Kier alpha value is -0.120. The zero-order chi connectivity index (χ0) is 9.97. The predicted molar refractivity (Wildman–Crippen MR) is 57.3 cm³/mol. The second-order valence-electron chi connectivity index (χ2n) is 4.74. The topological polar surface area (TPSA) is 35.5 Å². The Kier molecular flexibility index (Phi) is 3.42. The second-order valence-corrected chi connectivity index (χ2v) is 4.74. The van der Waals surface area contributed by atoms with Crippen LogP contribution in [0.4, 0.5) is 0 Å². The Morgan fingerprint density at radius 1 is 1.43 bits per heavy atom. The Bertz CT molecular complexity index is 182. The lowest BCUT2D eigenvalue weighted by Crippen LogP contribution is -2.34. The van der Waals surface area contributed by atoms with Gasteiger partial charge in [-0.3, -0.25) is 4.90 Å². The molecule has 2 fully saturated rings. The van der Waals surface area contributed by atoms with E-state index in [9.17, 15) is 0 Å². The summed E-state index contributed by atoms with van der Waals surface area (Å²) in [6, 6.07) is 2.32. The SMILES string of the molecule is CC1CC(NCCCO)CN1C1CC1. The molecule has 2 aliphatic rings. The molecule has 0 spiro atoms. The fourth-order valence-electron chi connectivity index (χ4n) is 2.50. The molecule has 0 radical (unpaired) electrons. The van der Waals surface area contributed by atoms with Crippen LogP contribution in [0.5, 0.6) is 0 Å². The van der Waals surface area contributed by atoms with Crippen LogP contribution < -0.4 is 5.32 Å². The number of hydrogen-bond acceptors (Lipinski definition) is 3. The molecule has 1 saturated heterocycles. The van der Waals surface area contributed by atoms with Crippen molar-refractivity contribution < 1.29 is 5.11 Å². The van der Waals surface area contributed by atoms with Crippen molar-refractivity contribution in [2.45, 2.75) is 50.7 Å². The Morgan fingerprint density at radius 3 is 2.86 bits per heavy atom. The van der Waals surface area contributed by atoms with E-state index in [-0.39, 0.29) is 0 Å². The highest BCUT2D eigenvalue weighted by Gasteiger charge is 2.38. The molecule has 3 nitrogen and oxygen atoms in total. The summed E-state index contributed by atoms with van der Waals surface area (Å²) in [6.45, 7) is 4.83. The maximum atomic E-state index is 8.69. The first-order valence-electron chi connectivity index (χ1n) is 5.91. The van der Waals surface area contributed by atoms with Gasteiger partial charge in [0.05, 0.1) is 0 Å². The molecule has 1 aliphatic heterocycles. The molecule has 14 heavy (non-hydrogen) atoms. The van der Waals surface area contributed by atoms with Crippen molar-refractivity contribution in [2.24, 2.45) is 0 Å². The number of rotatable bonds is 5. The number of likely N-dealkylation sites (tertiary alicyclic amines) is 1. The largest absolute Gasteiger partial charge is 0.396 e. The molecule has 0 bridgehead atoms. The van der Waals surface area contributed by atoms with Crippen LogP contribution in [0.25, 0.3) is 0 Å². The van der Waals surface area contributed by atoms with Gasteiger partial charge in [-0.05, 0) is 39.2 Å². The summed E-state index contributed by atoms with van der Waals surface area (Å²) < 4.78 is 0. The monoisotopic (exact) mass is 198 g/mol. The standard InChI is InChI=1S/C11H22N2O/c1-9-7-10(12-5-2-6-14)8-13(9)11-3-4-11/h9-12,14H,2-8H2,1H3. The summed E-state index contributed by atoms with van der Waals surface area (Å²) in [7, 11) is 0. The minimum atomic E-state index is 0.307. The molecule has 0 aromatic carbocycles. The van der Waals surface area contributed by atoms with Gasteiger partial charge in [0.1, 0.15) is 0 Å². The summed E-state index contributed by atoms with van der Waals surface area (Å²) in [4.78, 5) is 2.65. The Morgan fingerprint density at radius 2 is 2.21 bits per heavy atom. The zero-order valence-corrected chi connectivity index (χ0v) is 9.08. The fraction of sp³-hybridized carbons (Fsp3) is 1.00. The van der Waals surface area contributed by atoms with E-state index in [1.807, 2.05) is 0 Å². The van der Waals surface area contributed by atoms with Crippen LogP contribution in [0, 0.1) is 0 Å². The molecule has 1 aliphatic carbocycles. The highest BCUT2D eigenvalue weighted by Crippen LogP contribution is 2.33. The highest BCUT2D eigenvalue weighted by molar-refractivity contribution is 4.95. The average Bonchev–Trinajstić information content (AvgIpc) is 2.92. The molecule has 2 atom stereocenters. The van der Waals surface area contributed by atoms with Crippen molar-refractivity contribution in [2.75, 3.05) is 19.7 Å². The van der Waals surface area contributed by atoms with Gasteiger partial charge in [0.25, 0.3) is 0 Å². The van der Waals surface area contributed by atoms with Crippen LogP contribution in [0.1, 0.15) is 32.6 Å². The maximum Gasteiger partial charge on any atom is 0.0443 e. The molecule has 1 saturated carbocycles. The number of nitrogens with one attached hydrogen (secondary N) is 1. The van der Waals surface area contributed by atoms with E-state index >= 15 is 0 Å². The third-order valence-electron chi connectivity index (χ3n) is 3.41.